The minimum atomic E-state index is -0.272. The highest BCUT2D eigenvalue weighted by molar-refractivity contribution is 9.10. The maximum absolute atomic E-state index is 13.4. The van der Waals surface area contributed by atoms with Crippen LogP contribution in [0.15, 0.2) is 27.7 Å². The van der Waals surface area contributed by atoms with Crippen molar-refractivity contribution >= 4 is 21.9 Å². The van der Waals surface area contributed by atoms with Gasteiger partial charge in [-0.25, -0.2) is 9.38 Å². The van der Waals surface area contributed by atoms with Crippen LogP contribution >= 0.6 is 15.9 Å². The van der Waals surface area contributed by atoms with Crippen molar-refractivity contribution in [3.05, 3.63) is 34.1 Å². The van der Waals surface area contributed by atoms with Crippen molar-refractivity contribution in [2.45, 2.75) is 46.6 Å². The Hall–Kier alpha value is -1.14. The van der Waals surface area contributed by atoms with Crippen LogP contribution in [0.4, 0.5) is 4.39 Å². The van der Waals surface area contributed by atoms with Crippen LogP contribution in [0.25, 0.3) is 0 Å². The summed E-state index contributed by atoms with van der Waals surface area (Å²) in [6.07, 6.45) is 2.75. The third-order valence-electron chi connectivity index (χ3n) is 4.46. The summed E-state index contributed by atoms with van der Waals surface area (Å²) in [5.41, 5.74) is 0.874. The molecule has 24 heavy (non-hydrogen) atoms. The van der Waals surface area contributed by atoms with Crippen LogP contribution in [0.5, 0.6) is 0 Å². The highest BCUT2D eigenvalue weighted by Crippen LogP contribution is 2.29. The fraction of sp³-hybridized carbons (Fsp3) is 0.611. The molecule has 0 saturated carbocycles. The predicted molar refractivity (Wildman–Crippen MR) is 102 cm³/mol. The number of benzene rings is 1. The molecule has 1 aromatic carbocycles. The van der Waals surface area contributed by atoms with Gasteiger partial charge in [0.15, 0.2) is 5.96 Å². The molecule has 0 unspecified atom stereocenters. The van der Waals surface area contributed by atoms with Crippen LogP contribution in [0.3, 0.4) is 0 Å². The number of rotatable bonds is 9. The Labute approximate surface area is 153 Å². The summed E-state index contributed by atoms with van der Waals surface area (Å²) in [5, 5.41) is 15.9. The number of aliphatic hydroxyl groups excluding tert-OH is 1. The van der Waals surface area contributed by atoms with Crippen LogP contribution in [0, 0.1) is 11.2 Å². The van der Waals surface area contributed by atoms with E-state index in [4.69, 9.17) is 0 Å². The highest BCUT2D eigenvalue weighted by atomic mass is 79.9. The van der Waals surface area contributed by atoms with E-state index in [-0.39, 0.29) is 17.8 Å². The van der Waals surface area contributed by atoms with Gasteiger partial charge in [-0.1, -0.05) is 29.8 Å². The van der Waals surface area contributed by atoms with E-state index in [2.05, 4.69) is 45.4 Å². The first-order valence-corrected chi connectivity index (χ1v) is 9.36. The number of aliphatic imine (C=N–C) groups is 1. The van der Waals surface area contributed by atoms with Gasteiger partial charge in [0.1, 0.15) is 5.82 Å². The van der Waals surface area contributed by atoms with Gasteiger partial charge in [-0.15, -0.1) is 0 Å². The Balaban J connectivity index is 2.78. The monoisotopic (exact) mass is 401 g/mol. The quantitative estimate of drug-likeness (QED) is 0.435. The molecule has 0 aliphatic rings. The van der Waals surface area contributed by atoms with E-state index in [9.17, 15) is 9.50 Å². The molecule has 0 aliphatic carbocycles. The predicted octanol–water partition coefficient (Wildman–Crippen LogP) is 3.83. The normalized spacial score (nSPS) is 12.3. The van der Waals surface area contributed by atoms with E-state index in [1.54, 1.807) is 0 Å². The first-order chi connectivity index (χ1) is 11.5. The molecule has 0 amide bonds. The van der Waals surface area contributed by atoms with Gasteiger partial charge in [0.2, 0.25) is 0 Å². The Morgan fingerprint density at radius 1 is 1.21 bits per heavy atom. The molecule has 0 heterocycles. The SMILES string of the molecule is CCNC(=NCc1cc(F)cc(Br)c1)NCC(CC)(CC)CCO. The topological polar surface area (TPSA) is 56.7 Å². The van der Waals surface area contributed by atoms with Crippen molar-refractivity contribution in [3.63, 3.8) is 0 Å². The van der Waals surface area contributed by atoms with Gasteiger partial charge in [-0.2, -0.15) is 0 Å². The number of hydrogen-bond donors (Lipinski definition) is 3. The number of nitrogens with one attached hydrogen (secondary N) is 2. The molecule has 0 radical (unpaired) electrons. The third kappa shape index (κ3) is 6.77. The van der Waals surface area contributed by atoms with Crippen molar-refractivity contribution in [1.82, 2.24) is 10.6 Å². The summed E-state index contributed by atoms with van der Waals surface area (Å²) in [5.74, 6) is 0.438. The van der Waals surface area contributed by atoms with Crippen molar-refractivity contribution < 1.29 is 9.50 Å². The van der Waals surface area contributed by atoms with Crippen LogP contribution in [0.2, 0.25) is 0 Å². The summed E-state index contributed by atoms with van der Waals surface area (Å²) in [6, 6.07) is 4.79. The van der Waals surface area contributed by atoms with E-state index in [1.807, 2.05) is 13.0 Å². The zero-order valence-corrected chi connectivity index (χ0v) is 16.4. The summed E-state index contributed by atoms with van der Waals surface area (Å²) in [6.45, 7) is 8.40. The van der Waals surface area contributed by atoms with Crippen LogP contribution in [0.1, 0.15) is 45.6 Å². The molecular weight excluding hydrogens is 373 g/mol. The van der Waals surface area contributed by atoms with E-state index in [0.29, 0.717) is 17.0 Å². The Kier molecular flexibility index (Phi) is 9.29. The van der Waals surface area contributed by atoms with Crippen LogP contribution < -0.4 is 10.6 Å². The number of guanidine groups is 1. The fourth-order valence-electron chi connectivity index (χ4n) is 2.66. The zero-order chi connectivity index (χ0) is 18.0. The van der Waals surface area contributed by atoms with Crippen molar-refractivity contribution in [1.29, 1.82) is 0 Å². The van der Waals surface area contributed by atoms with E-state index >= 15 is 0 Å². The molecule has 1 rings (SSSR count). The second-order valence-electron chi connectivity index (χ2n) is 6.01. The first kappa shape index (κ1) is 20.9. The standard InChI is InChI=1S/C18H29BrFN3O/c1-4-18(5-2,7-8-24)13-23-17(21-6-3)22-12-14-9-15(19)11-16(20)10-14/h9-11,24H,4-8,12-13H2,1-3H3,(H2,21,22,23). The smallest absolute Gasteiger partial charge is 0.191 e. The van der Waals surface area contributed by atoms with Gasteiger partial charge in [0, 0.05) is 24.2 Å². The van der Waals surface area contributed by atoms with E-state index in [0.717, 1.165) is 37.9 Å². The van der Waals surface area contributed by atoms with Crippen molar-refractivity contribution in [2.24, 2.45) is 10.4 Å². The maximum atomic E-state index is 13.4. The molecule has 0 aromatic heterocycles. The Bertz CT molecular complexity index is 513. The summed E-state index contributed by atoms with van der Waals surface area (Å²) >= 11 is 3.30. The third-order valence-corrected chi connectivity index (χ3v) is 4.92. The molecule has 0 atom stereocenters. The van der Waals surface area contributed by atoms with Gasteiger partial charge >= 0.3 is 0 Å². The van der Waals surface area contributed by atoms with Crippen LogP contribution in [-0.4, -0.2) is 30.8 Å². The van der Waals surface area contributed by atoms with Crippen LogP contribution in [-0.2, 0) is 6.54 Å². The van der Waals surface area contributed by atoms with Crippen molar-refractivity contribution in [2.75, 3.05) is 19.7 Å². The van der Waals surface area contributed by atoms with Gasteiger partial charge in [-0.3, -0.25) is 0 Å². The van der Waals surface area contributed by atoms with Gasteiger partial charge in [0.25, 0.3) is 0 Å². The summed E-state index contributed by atoms with van der Waals surface area (Å²) in [4.78, 5) is 4.54. The first-order valence-electron chi connectivity index (χ1n) is 8.56. The highest BCUT2D eigenvalue weighted by Gasteiger charge is 2.25. The van der Waals surface area contributed by atoms with E-state index in [1.165, 1.54) is 12.1 Å². The van der Waals surface area contributed by atoms with Gasteiger partial charge in [-0.05, 0) is 55.4 Å². The lowest BCUT2D eigenvalue weighted by molar-refractivity contribution is 0.169. The average molecular weight is 402 g/mol. The lowest BCUT2D eigenvalue weighted by Crippen LogP contribution is -2.43. The molecule has 0 spiro atoms. The lowest BCUT2D eigenvalue weighted by Gasteiger charge is -2.32. The Morgan fingerprint density at radius 3 is 2.46 bits per heavy atom. The largest absolute Gasteiger partial charge is 0.396 e. The molecule has 0 aliphatic heterocycles. The summed E-state index contributed by atoms with van der Waals surface area (Å²) in [7, 11) is 0. The molecule has 136 valence electrons. The lowest BCUT2D eigenvalue weighted by atomic mass is 9.79. The molecule has 0 saturated heterocycles. The molecule has 0 bridgehead atoms. The zero-order valence-electron chi connectivity index (χ0n) is 14.8. The Morgan fingerprint density at radius 2 is 1.92 bits per heavy atom. The second-order valence-corrected chi connectivity index (χ2v) is 6.92. The van der Waals surface area contributed by atoms with Gasteiger partial charge in [0.05, 0.1) is 6.54 Å². The van der Waals surface area contributed by atoms with Crippen molar-refractivity contribution in [3.8, 4) is 0 Å². The molecule has 6 heteroatoms. The second kappa shape index (κ2) is 10.7. The minimum absolute atomic E-state index is 0.0623. The molecular formula is C18H29BrFN3O. The molecule has 4 nitrogen and oxygen atoms in total. The molecule has 1 aromatic rings. The summed E-state index contributed by atoms with van der Waals surface area (Å²) < 4.78 is 14.2. The fourth-order valence-corrected chi connectivity index (χ4v) is 3.18. The number of halogens is 2. The number of hydrogen-bond acceptors (Lipinski definition) is 2. The number of nitrogens with zero attached hydrogens (tertiary/aromatic N) is 1. The van der Waals surface area contributed by atoms with E-state index < -0.39 is 0 Å². The maximum Gasteiger partial charge on any atom is 0.191 e. The average Bonchev–Trinajstić information content (AvgIpc) is 2.55. The van der Waals surface area contributed by atoms with Gasteiger partial charge < -0.3 is 15.7 Å². The molecule has 0 fully saturated rings. The molecule has 3 N–H and O–H groups in total. The number of aliphatic hydroxyl groups is 1. The minimum Gasteiger partial charge on any atom is -0.396 e.